The smallest absolute Gasteiger partial charge is 0.303 e. The Bertz CT molecular complexity index is 383. The molecule has 0 aromatic carbocycles. The monoisotopic (exact) mass is 241 g/mol. The molecular formula is C11H15NO3S. The number of hydrogen-bond acceptors (Lipinski definition) is 4. The Morgan fingerprint density at radius 2 is 2.50 bits per heavy atom. The van der Waals surface area contributed by atoms with Crippen LogP contribution in [0.1, 0.15) is 34.3 Å². The minimum Gasteiger partial charge on any atom is -0.481 e. The number of nitrogens with zero attached hydrogens (tertiary/aromatic N) is 1. The van der Waals surface area contributed by atoms with Crippen molar-refractivity contribution in [1.29, 1.82) is 0 Å². The first-order valence-electron chi connectivity index (χ1n) is 5.42. The second kappa shape index (κ2) is 4.93. The van der Waals surface area contributed by atoms with E-state index < -0.39 is 5.97 Å². The summed E-state index contributed by atoms with van der Waals surface area (Å²) in [6.45, 7) is 3.62. The number of aryl methyl sites for hydroxylation is 2. The van der Waals surface area contributed by atoms with Gasteiger partial charge in [-0.05, 0) is 13.3 Å². The molecule has 0 amide bonds. The van der Waals surface area contributed by atoms with Crippen molar-refractivity contribution in [1.82, 2.24) is 4.98 Å². The van der Waals surface area contributed by atoms with Crippen molar-refractivity contribution in [3.63, 3.8) is 0 Å². The first kappa shape index (κ1) is 11.5. The number of aliphatic carboxylic acids is 1. The number of hydrogen-bond donors (Lipinski definition) is 1. The first-order chi connectivity index (χ1) is 7.66. The standard InChI is InChI=1S/C11H15NO3S/c1-7-11(8-4-5-15-6-8)12-9(16-7)2-3-10(13)14/h8H,2-6H2,1H3,(H,13,14). The third kappa shape index (κ3) is 2.59. The van der Waals surface area contributed by atoms with Gasteiger partial charge in [0.15, 0.2) is 0 Å². The van der Waals surface area contributed by atoms with Crippen molar-refractivity contribution in [3.05, 3.63) is 15.6 Å². The molecule has 5 heteroatoms. The molecule has 1 aliphatic heterocycles. The number of carboxylic acid groups (broad SMARTS) is 1. The van der Waals surface area contributed by atoms with Crippen molar-refractivity contribution < 1.29 is 14.6 Å². The highest BCUT2D eigenvalue weighted by Crippen LogP contribution is 2.30. The zero-order valence-corrected chi connectivity index (χ0v) is 10.0. The Balaban J connectivity index is 2.05. The van der Waals surface area contributed by atoms with Gasteiger partial charge in [0.2, 0.25) is 0 Å². The molecule has 88 valence electrons. The maximum absolute atomic E-state index is 10.5. The van der Waals surface area contributed by atoms with Gasteiger partial charge in [0, 0.05) is 23.8 Å². The average molecular weight is 241 g/mol. The van der Waals surface area contributed by atoms with Gasteiger partial charge in [-0.3, -0.25) is 4.79 Å². The fraction of sp³-hybridized carbons (Fsp3) is 0.636. The summed E-state index contributed by atoms with van der Waals surface area (Å²) in [7, 11) is 0. The lowest BCUT2D eigenvalue weighted by Gasteiger charge is -2.03. The van der Waals surface area contributed by atoms with E-state index in [1.807, 2.05) is 0 Å². The molecule has 1 aliphatic rings. The van der Waals surface area contributed by atoms with Gasteiger partial charge in [0.1, 0.15) is 0 Å². The Hall–Kier alpha value is -0.940. The largest absolute Gasteiger partial charge is 0.481 e. The van der Waals surface area contributed by atoms with Crippen LogP contribution in [0.5, 0.6) is 0 Å². The highest BCUT2D eigenvalue weighted by molar-refractivity contribution is 7.11. The van der Waals surface area contributed by atoms with Gasteiger partial charge in [-0.15, -0.1) is 11.3 Å². The molecule has 4 nitrogen and oxygen atoms in total. The van der Waals surface area contributed by atoms with E-state index >= 15 is 0 Å². The lowest BCUT2D eigenvalue weighted by atomic mass is 10.0. The SMILES string of the molecule is Cc1sc(CCC(=O)O)nc1C1CCOC1. The molecule has 1 N–H and O–H groups in total. The van der Waals surface area contributed by atoms with Crippen LogP contribution in [-0.2, 0) is 16.0 Å². The van der Waals surface area contributed by atoms with Crippen LogP contribution >= 0.6 is 11.3 Å². The third-order valence-corrected chi connectivity index (χ3v) is 3.79. The molecule has 1 aromatic heterocycles. The Morgan fingerprint density at radius 3 is 3.12 bits per heavy atom. The maximum atomic E-state index is 10.5. The van der Waals surface area contributed by atoms with Crippen LogP contribution in [0, 0.1) is 6.92 Å². The summed E-state index contributed by atoms with van der Waals surface area (Å²) in [5.74, 6) is -0.353. The average Bonchev–Trinajstić information content (AvgIpc) is 2.83. The van der Waals surface area contributed by atoms with Gasteiger partial charge in [0.05, 0.1) is 23.7 Å². The second-order valence-corrected chi connectivity index (χ2v) is 5.29. The van der Waals surface area contributed by atoms with Gasteiger partial charge >= 0.3 is 5.97 Å². The molecule has 0 aliphatic carbocycles. The number of carbonyl (C=O) groups is 1. The van der Waals surface area contributed by atoms with Crippen LogP contribution in [-0.4, -0.2) is 29.3 Å². The van der Waals surface area contributed by atoms with E-state index in [-0.39, 0.29) is 6.42 Å². The highest BCUT2D eigenvalue weighted by atomic mass is 32.1. The van der Waals surface area contributed by atoms with Crippen molar-refractivity contribution in [3.8, 4) is 0 Å². The van der Waals surface area contributed by atoms with Crippen LogP contribution < -0.4 is 0 Å². The Morgan fingerprint density at radius 1 is 1.69 bits per heavy atom. The second-order valence-electron chi connectivity index (χ2n) is 4.00. The summed E-state index contributed by atoms with van der Waals surface area (Å²) in [6, 6.07) is 0. The molecule has 2 heterocycles. The van der Waals surface area contributed by atoms with Gasteiger partial charge in [0.25, 0.3) is 0 Å². The molecule has 0 saturated carbocycles. The van der Waals surface area contributed by atoms with E-state index in [2.05, 4.69) is 11.9 Å². The van der Waals surface area contributed by atoms with Gasteiger partial charge in [-0.25, -0.2) is 4.98 Å². The van der Waals surface area contributed by atoms with Crippen LogP contribution in [0.25, 0.3) is 0 Å². The molecule has 16 heavy (non-hydrogen) atoms. The summed E-state index contributed by atoms with van der Waals surface area (Å²) in [4.78, 5) is 16.2. The van der Waals surface area contributed by atoms with Crippen molar-refractivity contribution in [2.45, 2.75) is 32.1 Å². The predicted molar refractivity (Wildman–Crippen MR) is 61.0 cm³/mol. The summed E-state index contributed by atoms with van der Waals surface area (Å²) in [5, 5.41) is 9.55. The van der Waals surface area contributed by atoms with Crippen molar-refractivity contribution >= 4 is 17.3 Å². The molecule has 1 saturated heterocycles. The Labute approximate surface area is 98.3 Å². The fourth-order valence-electron chi connectivity index (χ4n) is 1.91. The molecular weight excluding hydrogens is 226 g/mol. The van der Waals surface area contributed by atoms with Gasteiger partial charge < -0.3 is 9.84 Å². The van der Waals surface area contributed by atoms with E-state index in [9.17, 15) is 4.79 Å². The minimum absolute atomic E-state index is 0.160. The summed E-state index contributed by atoms with van der Waals surface area (Å²) >= 11 is 1.61. The molecule has 1 unspecified atom stereocenters. The molecule has 2 rings (SSSR count). The van der Waals surface area contributed by atoms with Gasteiger partial charge in [-0.2, -0.15) is 0 Å². The van der Waals surface area contributed by atoms with E-state index in [1.54, 1.807) is 11.3 Å². The molecule has 0 bridgehead atoms. The predicted octanol–water partition coefficient (Wildman–Crippen LogP) is 1.97. The van der Waals surface area contributed by atoms with E-state index in [1.165, 1.54) is 4.88 Å². The maximum Gasteiger partial charge on any atom is 0.303 e. The Kier molecular flexibility index (Phi) is 3.56. The highest BCUT2D eigenvalue weighted by Gasteiger charge is 2.22. The van der Waals surface area contributed by atoms with Crippen LogP contribution in [0.2, 0.25) is 0 Å². The van der Waals surface area contributed by atoms with E-state index in [0.29, 0.717) is 12.3 Å². The van der Waals surface area contributed by atoms with Crippen LogP contribution in [0.3, 0.4) is 0 Å². The zero-order chi connectivity index (χ0) is 11.5. The lowest BCUT2D eigenvalue weighted by Crippen LogP contribution is -2.01. The molecule has 1 aromatic rings. The molecule has 0 spiro atoms. The van der Waals surface area contributed by atoms with Gasteiger partial charge in [-0.1, -0.05) is 0 Å². The first-order valence-corrected chi connectivity index (χ1v) is 6.24. The van der Waals surface area contributed by atoms with E-state index in [0.717, 1.165) is 30.3 Å². The van der Waals surface area contributed by atoms with Crippen LogP contribution in [0.15, 0.2) is 0 Å². The number of ether oxygens (including phenoxy) is 1. The van der Waals surface area contributed by atoms with Crippen molar-refractivity contribution in [2.24, 2.45) is 0 Å². The molecule has 1 atom stereocenters. The van der Waals surface area contributed by atoms with E-state index in [4.69, 9.17) is 9.84 Å². The number of aromatic nitrogens is 1. The minimum atomic E-state index is -0.765. The summed E-state index contributed by atoms with van der Waals surface area (Å²) < 4.78 is 5.34. The fourth-order valence-corrected chi connectivity index (χ4v) is 2.93. The quantitative estimate of drug-likeness (QED) is 0.875. The lowest BCUT2D eigenvalue weighted by molar-refractivity contribution is -0.136. The molecule has 0 radical (unpaired) electrons. The van der Waals surface area contributed by atoms with Crippen molar-refractivity contribution in [2.75, 3.05) is 13.2 Å². The van der Waals surface area contributed by atoms with Crippen LogP contribution in [0.4, 0.5) is 0 Å². The topological polar surface area (TPSA) is 59.4 Å². The summed E-state index contributed by atoms with van der Waals surface area (Å²) in [5.41, 5.74) is 1.11. The zero-order valence-electron chi connectivity index (χ0n) is 9.23. The number of thiazole rings is 1. The molecule has 1 fully saturated rings. The third-order valence-electron chi connectivity index (χ3n) is 2.75. The summed E-state index contributed by atoms with van der Waals surface area (Å²) in [6.07, 6.45) is 1.73. The normalized spacial score (nSPS) is 20.2. The number of rotatable bonds is 4. The number of carboxylic acids is 1.